The minimum absolute atomic E-state index is 0.183. The van der Waals surface area contributed by atoms with Gasteiger partial charge in [-0.3, -0.25) is 9.69 Å². The topological polar surface area (TPSA) is 43.8 Å². The number of rotatable bonds is 3. The molecular weight excluding hydrogens is 204 g/mol. The second kappa shape index (κ2) is 4.72. The summed E-state index contributed by atoms with van der Waals surface area (Å²) in [5.74, 6) is -0.465. The number of piperidine rings is 1. The van der Waals surface area contributed by atoms with Crippen molar-refractivity contribution in [3.05, 3.63) is 0 Å². The summed E-state index contributed by atoms with van der Waals surface area (Å²) < 4.78 is 0. The maximum atomic E-state index is 10.8. The molecule has 0 amide bonds. The largest absolute Gasteiger partial charge is 0.481 e. The van der Waals surface area contributed by atoms with Gasteiger partial charge in [0.15, 0.2) is 0 Å². The Labute approximate surface area is 97.2 Å². The molecule has 1 N–H and O–H groups in total. The number of hydrogen-bond donors (Lipinski definition) is 1. The molecule has 2 fully saturated rings. The Morgan fingerprint density at radius 1 is 1.38 bits per heavy atom. The molecule has 92 valence electrons. The molecule has 4 nitrogen and oxygen atoms in total. The Kier molecular flexibility index (Phi) is 3.50. The van der Waals surface area contributed by atoms with Crippen LogP contribution in [0.2, 0.25) is 0 Å². The highest BCUT2D eigenvalue weighted by molar-refractivity contribution is 5.70. The van der Waals surface area contributed by atoms with Crippen LogP contribution in [-0.4, -0.2) is 60.1 Å². The Bertz CT molecular complexity index is 264. The second-order valence-electron chi connectivity index (χ2n) is 5.40. The standard InChI is InChI=1S/C12H22N2O2/c1-9(12(15)16)10-6-14(7-10)11-4-3-5-13(2)8-11/h9-11H,3-8H2,1-2H3,(H,15,16). The summed E-state index contributed by atoms with van der Waals surface area (Å²) in [7, 11) is 2.17. The van der Waals surface area contributed by atoms with E-state index >= 15 is 0 Å². The first-order chi connectivity index (χ1) is 7.58. The van der Waals surface area contributed by atoms with E-state index in [-0.39, 0.29) is 5.92 Å². The van der Waals surface area contributed by atoms with Gasteiger partial charge in [-0.05, 0) is 32.4 Å². The van der Waals surface area contributed by atoms with Gasteiger partial charge in [-0.15, -0.1) is 0 Å². The molecule has 2 unspecified atom stereocenters. The lowest BCUT2D eigenvalue weighted by Gasteiger charge is -2.48. The molecule has 0 aliphatic carbocycles. The Morgan fingerprint density at radius 2 is 2.06 bits per heavy atom. The third-order valence-corrected chi connectivity index (χ3v) is 4.15. The molecule has 0 radical (unpaired) electrons. The quantitative estimate of drug-likeness (QED) is 0.770. The molecule has 0 saturated carbocycles. The van der Waals surface area contributed by atoms with E-state index in [0.717, 1.165) is 19.6 Å². The zero-order valence-electron chi connectivity index (χ0n) is 10.2. The maximum Gasteiger partial charge on any atom is 0.306 e. The fourth-order valence-corrected chi connectivity index (χ4v) is 2.80. The Hall–Kier alpha value is -0.610. The summed E-state index contributed by atoms with van der Waals surface area (Å²) in [6.45, 7) is 6.14. The lowest BCUT2D eigenvalue weighted by atomic mass is 9.85. The van der Waals surface area contributed by atoms with Crippen LogP contribution in [0.3, 0.4) is 0 Å². The van der Waals surface area contributed by atoms with Crippen molar-refractivity contribution in [3.63, 3.8) is 0 Å². The number of nitrogens with zero attached hydrogens (tertiary/aromatic N) is 2. The smallest absolute Gasteiger partial charge is 0.306 e. The van der Waals surface area contributed by atoms with Crippen molar-refractivity contribution in [3.8, 4) is 0 Å². The van der Waals surface area contributed by atoms with E-state index in [4.69, 9.17) is 5.11 Å². The van der Waals surface area contributed by atoms with Crippen LogP contribution >= 0.6 is 0 Å². The van der Waals surface area contributed by atoms with Gasteiger partial charge in [0.25, 0.3) is 0 Å². The van der Waals surface area contributed by atoms with Crippen LogP contribution < -0.4 is 0 Å². The van der Waals surface area contributed by atoms with Crippen molar-refractivity contribution in [2.75, 3.05) is 33.2 Å². The number of hydrogen-bond acceptors (Lipinski definition) is 3. The van der Waals surface area contributed by atoms with E-state index in [9.17, 15) is 4.79 Å². The van der Waals surface area contributed by atoms with Crippen molar-refractivity contribution >= 4 is 5.97 Å². The lowest BCUT2D eigenvalue weighted by molar-refractivity contribution is -0.146. The van der Waals surface area contributed by atoms with Gasteiger partial charge in [0.1, 0.15) is 0 Å². The lowest BCUT2D eigenvalue weighted by Crippen LogP contribution is -2.58. The maximum absolute atomic E-state index is 10.8. The highest BCUT2D eigenvalue weighted by atomic mass is 16.4. The molecule has 4 heteroatoms. The van der Waals surface area contributed by atoms with Crippen LogP contribution in [0.25, 0.3) is 0 Å². The predicted octanol–water partition coefficient (Wildman–Crippen LogP) is 0.733. The van der Waals surface area contributed by atoms with E-state index in [1.54, 1.807) is 0 Å². The van der Waals surface area contributed by atoms with Gasteiger partial charge >= 0.3 is 5.97 Å². The summed E-state index contributed by atoms with van der Waals surface area (Å²) in [6, 6.07) is 0.663. The van der Waals surface area contributed by atoms with Crippen molar-refractivity contribution in [2.45, 2.75) is 25.8 Å². The number of carbonyl (C=O) groups is 1. The van der Waals surface area contributed by atoms with Crippen LogP contribution in [0.1, 0.15) is 19.8 Å². The molecular formula is C12H22N2O2. The Balaban J connectivity index is 1.77. The molecule has 0 spiro atoms. The number of aliphatic carboxylic acids is 1. The summed E-state index contributed by atoms with van der Waals surface area (Å²) in [4.78, 5) is 15.7. The number of likely N-dealkylation sites (N-methyl/N-ethyl adjacent to an activating group) is 1. The summed E-state index contributed by atoms with van der Waals surface area (Å²) >= 11 is 0. The van der Waals surface area contributed by atoms with E-state index in [1.165, 1.54) is 19.4 Å². The first-order valence-electron chi connectivity index (χ1n) is 6.23. The number of likely N-dealkylation sites (tertiary alicyclic amines) is 2. The van der Waals surface area contributed by atoms with Crippen LogP contribution in [0.15, 0.2) is 0 Å². The van der Waals surface area contributed by atoms with Crippen LogP contribution in [0, 0.1) is 11.8 Å². The molecule has 16 heavy (non-hydrogen) atoms. The van der Waals surface area contributed by atoms with E-state index < -0.39 is 5.97 Å². The molecule has 0 aromatic carbocycles. The number of carboxylic acid groups (broad SMARTS) is 1. The monoisotopic (exact) mass is 226 g/mol. The highest BCUT2D eigenvalue weighted by Crippen LogP contribution is 2.28. The van der Waals surface area contributed by atoms with Gasteiger partial charge in [0.2, 0.25) is 0 Å². The van der Waals surface area contributed by atoms with E-state index in [1.807, 2.05) is 6.92 Å². The van der Waals surface area contributed by atoms with Crippen LogP contribution in [-0.2, 0) is 4.79 Å². The second-order valence-corrected chi connectivity index (χ2v) is 5.40. The van der Waals surface area contributed by atoms with Crippen LogP contribution in [0.5, 0.6) is 0 Å². The van der Waals surface area contributed by atoms with Gasteiger partial charge in [0.05, 0.1) is 5.92 Å². The molecule has 0 aromatic rings. The van der Waals surface area contributed by atoms with Crippen LogP contribution in [0.4, 0.5) is 0 Å². The van der Waals surface area contributed by atoms with E-state index in [2.05, 4.69) is 16.8 Å². The third kappa shape index (κ3) is 2.38. The molecule has 2 aliphatic heterocycles. The fraction of sp³-hybridized carbons (Fsp3) is 0.917. The minimum Gasteiger partial charge on any atom is -0.481 e. The van der Waals surface area contributed by atoms with E-state index in [0.29, 0.717) is 12.0 Å². The van der Waals surface area contributed by atoms with Gasteiger partial charge in [-0.25, -0.2) is 0 Å². The van der Waals surface area contributed by atoms with Gasteiger partial charge < -0.3 is 10.0 Å². The fourth-order valence-electron chi connectivity index (χ4n) is 2.80. The molecule has 2 aliphatic rings. The minimum atomic E-state index is -0.648. The molecule has 2 atom stereocenters. The zero-order chi connectivity index (χ0) is 11.7. The molecule has 2 heterocycles. The van der Waals surface area contributed by atoms with Gasteiger partial charge in [0, 0.05) is 25.7 Å². The van der Waals surface area contributed by atoms with Gasteiger partial charge in [-0.1, -0.05) is 6.92 Å². The molecule has 0 bridgehead atoms. The molecule has 2 rings (SSSR count). The first-order valence-corrected chi connectivity index (χ1v) is 6.23. The van der Waals surface area contributed by atoms with Crippen molar-refractivity contribution < 1.29 is 9.90 Å². The normalized spacial score (nSPS) is 31.0. The SMILES string of the molecule is CC(C(=O)O)C1CN(C2CCCN(C)C2)C1. The van der Waals surface area contributed by atoms with Gasteiger partial charge in [-0.2, -0.15) is 0 Å². The van der Waals surface area contributed by atoms with Crippen molar-refractivity contribution in [2.24, 2.45) is 11.8 Å². The zero-order valence-corrected chi connectivity index (χ0v) is 10.2. The van der Waals surface area contributed by atoms with Crippen molar-refractivity contribution in [1.82, 2.24) is 9.80 Å². The summed E-state index contributed by atoms with van der Waals surface area (Å²) in [5, 5.41) is 8.93. The number of carboxylic acids is 1. The highest BCUT2D eigenvalue weighted by Gasteiger charge is 2.38. The molecule has 2 saturated heterocycles. The summed E-state index contributed by atoms with van der Waals surface area (Å²) in [6.07, 6.45) is 2.55. The first kappa shape index (κ1) is 11.9. The molecule has 0 aromatic heterocycles. The average Bonchev–Trinajstić information content (AvgIpc) is 2.15. The average molecular weight is 226 g/mol. The predicted molar refractivity (Wildman–Crippen MR) is 62.4 cm³/mol. The Morgan fingerprint density at radius 3 is 2.62 bits per heavy atom. The third-order valence-electron chi connectivity index (χ3n) is 4.15. The van der Waals surface area contributed by atoms with Crippen molar-refractivity contribution in [1.29, 1.82) is 0 Å². The summed E-state index contributed by atoms with van der Waals surface area (Å²) in [5.41, 5.74) is 0.